The van der Waals surface area contributed by atoms with E-state index in [1.54, 1.807) is 0 Å². The Hall–Kier alpha value is -3.20. The van der Waals surface area contributed by atoms with Crippen LogP contribution < -0.4 is 9.64 Å². The molecule has 3 nitrogen and oxygen atoms in total. The van der Waals surface area contributed by atoms with Crippen LogP contribution in [0.25, 0.3) is 5.76 Å². The molecule has 1 aliphatic rings. The number of benzene rings is 3. The van der Waals surface area contributed by atoms with Crippen LogP contribution in [0.1, 0.15) is 22.3 Å². The summed E-state index contributed by atoms with van der Waals surface area (Å²) in [4.78, 5) is 2.33. The van der Waals surface area contributed by atoms with Crippen LogP contribution in [0, 0.1) is 0 Å². The van der Waals surface area contributed by atoms with Crippen molar-refractivity contribution in [2.45, 2.75) is 19.5 Å². The average molecular weight is 357 g/mol. The lowest BCUT2D eigenvalue weighted by Crippen LogP contribution is -2.22. The monoisotopic (exact) mass is 357 g/mol. The summed E-state index contributed by atoms with van der Waals surface area (Å²) in [5.41, 5.74) is 5.38. The number of hydrogen-bond acceptors (Lipinski definition) is 3. The first kappa shape index (κ1) is 17.2. The number of aliphatic hydroxyl groups is 1. The van der Waals surface area contributed by atoms with Gasteiger partial charge in [0, 0.05) is 30.6 Å². The number of fused-ring (bicyclic) bond motifs is 1. The van der Waals surface area contributed by atoms with Gasteiger partial charge >= 0.3 is 0 Å². The van der Waals surface area contributed by atoms with Gasteiger partial charge in [0.05, 0.1) is 12.3 Å². The Bertz CT molecular complexity index is 894. The minimum atomic E-state index is 0.0981. The minimum Gasteiger partial charge on any atom is -0.508 e. The molecule has 27 heavy (non-hydrogen) atoms. The van der Waals surface area contributed by atoms with Crippen molar-refractivity contribution in [3.05, 3.63) is 102 Å². The van der Waals surface area contributed by atoms with Gasteiger partial charge in [0.1, 0.15) is 11.5 Å². The molecule has 0 bridgehead atoms. The number of rotatable bonds is 6. The largest absolute Gasteiger partial charge is 0.508 e. The first-order valence-corrected chi connectivity index (χ1v) is 9.22. The maximum absolute atomic E-state index is 9.92. The van der Waals surface area contributed by atoms with E-state index >= 15 is 0 Å². The van der Waals surface area contributed by atoms with Crippen LogP contribution in [0.4, 0.5) is 5.69 Å². The SMILES string of the molecule is C=C(O)c1ccc(N(Cc2ccccc2)Cc2ccccc2)c2c1CCO2. The van der Waals surface area contributed by atoms with E-state index in [-0.39, 0.29) is 5.76 Å². The Morgan fingerprint density at radius 2 is 1.48 bits per heavy atom. The number of nitrogens with zero attached hydrogens (tertiary/aromatic N) is 1. The molecular formula is C24H23NO2. The van der Waals surface area contributed by atoms with Gasteiger partial charge in [-0.1, -0.05) is 67.2 Å². The van der Waals surface area contributed by atoms with E-state index in [1.165, 1.54) is 11.1 Å². The van der Waals surface area contributed by atoms with Gasteiger partial charge < -0.3 is 14.7 Å². The summed E-state index contributed by atoms with van der Waals surface area (Å²) in [7, 11) is 0. The summed E-state index contributed by atoms with van der Waals surface area (Å²) in [6.07, 6.45) is 0.794. The van der Waals surface area contributed by atoms with Gasteiger partial charge in [-0.25, -0.2) is 0 Å². The summed E-state index contributed by atoms with van der Waals surface area (Å²) in [6.45, 7) is 5.90. The number of aliphatic hydroxyl groups excluding tert-OH is 1. The Morgan fingerprint density at radius 3 is 2.04 bits per heavy atom. The van der Waals surface area contributed by atoms with E-state index in [0.29, 0.717) is 6.61 Å². The summed E-state index contributed by atoms with van der Waals surface area (Å²) in [5, 5.41) is 9.92. The standard InChI is InChI=1S/C24H23NO2/c1-18(26)21-12-13-23(24-22(21)14-15-27-24)25(16-19-8-4-2-5-9-19)17-20-10-6-3-7-11-20/h2-13,26H,1,14-17H2. The van der Waals surface area contributed by atoms with Crippen LogP contribution >= 0.6 is 0 Å². The first-order chi connectivity index (χ1) is 13.2. The van der Waals surface area contributed by atoms with Crippen LogP contribution in [0.2, 0.25) is 0 Å². The second-order valence-corrected chi connectivity index (χ2v) is 6.81. The lowest BCUT2D eigenvalue weighted by molar-refractivity contribution is 0.356. The summed E-state index contributed by atoms with van der Waals surface area (Å²) in [5.74, 6) is 0.968. The third kappa shape index (κ3) is 3.68. The van der Waals surface area contributed by atoms with Crippen LogP contribution in [-0.2, 0) is 19.5 Å². The molecule has 0 atom stereocenters. The zero-order chi connectivity index (χ0) is 18.6. The summed E-state index contributed by atoms with van der Waals surface area (Å²) in [6, 6.07) is 24.9. The van der Waals surface area contributed by atoms with Gasteiger partial charge in [0.25, 0.3) is 0 Å². The molecule has 1 N–H and O–H groups in total. The minimum absolute atomic E-state index is 0.0981. The van der Waals surface area contributed by atoms with Gasteiger partial charge in [0.15, 0.2) is 0 Å². The maximum Gasteiger partial charge on any atom is 0.146 e. The maximum atomic E-state index is 9.92. The molecule has 0 saturated heterocycles. The third-order valence-electron chi connectivity index (χ3n) is 4.92. The Morgan fingerprint density at radius 1 is 0.889 bits per heavy atom. The number of ether oxygens (including phenoxy) is 1. The lowest BCUT2D eigenvalue weighted by Gasteiger charge is -2.27. The molecule has 0 unspecified atom stereocenters. The molecule has 0 spiro atoms. The summed E-state index contributed by atoms with van der Waals surface area (Å²) < 4.78 is 5.98. The fourth-order valence-electron chi connectivity index (χ4n) is 3.63. The second-order valence-electron chi connectivity index (χ2n) is 6.81. The van der Waals surface area contributed by atoms with Gasteiger partial charge in [-0.3, -0.25) is 0 Å². The Kier molecular flexibility index (Phi) is 4.84. The molecule has 0 aliphatic carbocycles. The Balaban J connectivity index is 1.74. The van der Waals surface area contributed by atoms with Crippen molar-refractivity contribution in [2.75, 3.05) is 11.5 Å². The van der Waals surface area contributed by atoms with Gasteiger partial charge in [-0.05, 0) is 23.3 Å². The van der Waals surface area contributed by atoms with E-state index < -0.39 is 0 Å². The zero-order valence-corrected chi connectivity index (χ0v) is 15.3. The predicted molar refractivity (Wildman–Crippen MR) is 110 cm³/mol. The quantitative estimate of drug-likeness (QED) is 0.603. The van der Waals surface area contributed by atoms with E-state index in [2.05, 4.69) is 60.0 Å². The van der Waals surface area contributed by atoms with E-state index in [0.717, 1.165) is 42.1 Å². The molecule has 0 saturated carbocycles. The fourth-order valence-corrected chi connectivity index (χ4v) is 3.63. The smallest absolute Gasteiger partial charge is 0.146 e. The van der Waals surface area contributed by atoms with Gasteiger partial charge in [0.2, 0.25) is 0 Å². The number of hydrogen-bond donors (Lipinski definition) is 1. The molecule has 3 heteroatoms. The molecule has 4 rings (SSSR count). The molecule has 136 valence electrons. The third-order valence-corrected chi connectivity index (χ3v) is 4.92. The highest BCUT2D eigenvalue weighted by Crippen LogP contribution is 2.41. The van der Waals surface area contributed by atoms with Crippen molar-refractivity contribution in [1.29, 1.82) is 0 Å². The van der Waals surface area contributed by atoms with Crippen molar-refractivity contribution < 1.29 is 9.84 Å². The molecule has 0 fully saturated rings. The highest BCUT2D eigenvalue weighted by molar-refractivity contribution is 5.73. The molecule has 3 aromatic rings. The zero-order valence-electron chi connectivity index (χ0n) is 15.3. The van der Waals surface area contributed by atoms with E-state index in [1.807, 2.05) is 24.3 Å². The second kappa shape index (κ2) is 7.58. The van der Waals surface area contributed by atoms with E-state index in [9.17, 15) is 5.11 Å². The molecule has 0 aromatic heterocycles. The van der Waals surface area contributed by atoms with Crippen LogP contribution in [0.3, 0.4) is 0 Å². The average Bonchev–Trinajstić information content (AvgIpc) is 3.18. The van der Waals surface area contributed by atoms with Crippen LogP contribution in [0.5, 0.6) is 5.75 Å². The summed E-state index contributed by atoms with van der Waals surface area (Å²) >= 11 is 0. The highest BCUT2D eigenvalue weighted by Gasteiger charge is 2.24. The van der Waals surface area contributed by atoms with Crippen molar-refractivity contribution in [3.8, 4) is 5.75 Å². The van der Waals surface area contributed by atoms with Gasteiger partial charge in [-0.15, -0.1) is 0 Å². The van der Waals surface area contributed by atoms with Crippen molar-refractivity contribution in [2.24, 2.45) is 0 Å². The number of anilines is 1. The van der Waals surface area contributed by atoms with E-state index in [4.69, 9.17) is 4.74 Å². The molecule has 0 radical (unpaired) electrons. The molecule has 1 aliphatic heterocycles. The molecule has 1 heterocycles. The Labute approximate surface area is 160 Å². The lowest BCUT2D eigenvalue weighted by atomic mass is 10.0. The van der Waals surface area contributed by atoms with Crippen molar-refractivity contribution in [1.82, 2.24) is 0 Å². The highest BCUT2D eigenvalue weighted by atomic mass is 16.5. The molecule has 0 amide bonds. The van der Waals surface area contributed by atoms with Crippen LogP contribution in [-0.4, -0.2) is 11.7 Å². The van der Waals surface area contributed by atoms with Crippen molar-refractivity contribution in [3.63, 3.8) is 0 Å². The molecular weight excluding hydrogens is 334 g/mol. The molecule has 3 aromatic carbocycles. The topological polar surface area (TPSA) is 32.7 Å². The van der Waals surface area contributed by atoms with Gasteiger partial charge in [-0.2, -0.15) is 0 Å². The van der Waals surface area contributed by atoms with Crippen LogP contribution in [0.15, 0.2) is 79.4 Å². The van der Waals surface area contributed by atoms with Crippen molar-refractivity contribution >= 4 is 11.4 Å². The fraction of sp³-hybridized carbons (Fsp3) is 0.167. The first-order valence-electron chi connectivity index (χ1n) is 9.22. The predicted octanol–water partition coefficient (Wildman–Crippen LogP) is 5.36. The normalized spacial score (nSPS) is 12.3.